The molecule has 0 fully saturated rings. The average Bonchev–Trinajstić information content (AvgIpc) is 3.21. The molecule has 0 amide bonds. The summed E-state index contributed by atoms with van der Waals surface area (Å²) < 4.78 is 69.0. The van der Waals surface area contributed by atoms with Crippen LogP contribution in [0.15, 0.2) is 59.6 Å². The number of thioether (sulfide) groups is 2. The van der Waals surface area contributed by atoms with E-state index < -0.39 is 40.4 Å². The molecule has 1 nitrogen and oxygen atoms in total. The van der Waals surface area contributed by atoms with Crippen molar-refractivity contribution in [1.82, 2.24) is 0 Å². The molecule has 0 aromatic heterocycles. The Bertz CT molecular complexity index is 1120. The van der Waals surface area contributed by atoms with Crippen molar-refractivity contribution in [2.75, 3.05) is 10.8 Å². The van der Waals surface area contributed by atoms with Crippen LogP contribution in [0.5, 0.6) is 0 Å². The highest BCUT2D eigenvalue weighted by atomic mass is 35.5. The molecule has 0 bridgehead atoms. The summed E-state index contributed by atoms with van der Waals surface area (Å²) in [6.07, 6.45) is 0. The van der Waals surface area contributed by atoms with Crippen LogP contribution >= 0.6 is 35.1 Å². The Balaban J connectivity index is 1.74. The predicted octanol–water partition coefficient (Wildman–Crippen LogP) is 7.81. The SMILES string of the molecule is Fc1c(F)c(F)c(CSC2=C(c3ccc(Cl)cc3)SCN2c2ccccc2)c(F)c1F. The Morgan fingerprint density at radius 3 is 2.00 bits per heavy atom. The molecule has 31 heavy (non-hydrogen) atoms. The van der Waals surface area contributed by atoms with Gasteiger partial charge in [-0.15, -0.1) is 23.5 Å². The zero-order valence-electron chi connectivity index (χ0n) is 15.6. The van der Waals surface area contributed by atoms with E-state index in [0.717, 1.165) is 27.9 Å². The quantitative estimate of drug-likeness (QED) is 0.206. The van der Waals surface area contributed by atoms with E-state index >= 15 is 0 Å². The zero-order valence-corrected chi connectivity index (χ0v) is 18.0. The molecule has 0 atom stereocenters. The number of rotatable bonds is 5. The second kappa shape index (κ2) is 9.14. The smallest absolute Gasteiger partial charge is 0.200 e. The van der Waals surface area contributed by atoms with Crippen molar-refractivity contribution in [2.24, 2.45) is 0 Å². The summed E-state index contributed by atoms with van der Waals surface area (Å²) in [4.78, 5) is 2.76. The van der Waals surface area contributed by atoms with Gasteiger partial charge in [-0.1, -0.05) is 41.9 Å². The summed E-state index contributed by atoms with van der Waals surface area (Å²) in [6.45, 7) is 0. The van der Waals surface area contributed by atoms with E-state index in [1.54, 1.807) is 12.1 Å². The molecule has 0 saturated heterocycles. The van der Waals surface area contributed by atoms with Crippen molar-refractivity contribution < 1.29 is 22.0 Å². The van der Waals surface area contributed by atoms with Crippen LogP contribution in [-0.2, 0) is 5.75 Å². The standard InChI is InChI=1S/C22H13ClF5NS2/c23-13-8-6-12(7-9-13)21-22(29(11-31-21)14-4-2-1-3-5-14)30-10-15-16(24)18(26)20(28)19(27)17(15)25/h1-9H,10-11H2. The lowest BCUT2D eigenvalue weighted by molar-refractivity contribution is 0.372. The molecule has 0 unspecified atom stereocenters. The fraction of sp³-hybridized carbons (Fsp3) is 0.0909. The van der Waals surface area contributed by atoms with Crippen LogP contribution in [0.3, 0.4) is 0 Å². The third kappa shape index (κ3) is 4.29. The summed E-state index contributed by atoms with van der Waals surface area (Å²) in [5, 5.41) is 1.21. The van der Waals surface area contributed by atoms with Crippen LogP contribution in [0.2, 0.25) is 5.02 Å². The molecular weight excluding hydrogens is 473 g/mol. The van der Waals surface area contributed by atoms with Gasteiger partial charge in [0.1, 0.15) is 0 Å². The molecule has 4 rings (SSSR count). The number of nitrogens with zero attached hydrogens (tertiary/aromatic N) is 1. The monoisotopic (exact) mass is 485 g/mol. The number of hydrogen-bond acceptors (Lipinski definition) is 3. The van der Waals surface area contributed by atoms with E-state index in [2.05, 4.69) is 0 Å². The van der Waals surface area contributed by atoms with Crippen LogP contribution < -0.4 is 4.90 Å². The Morgan fingerprint density at radius 2 is 1.39 bits per heavy atom. The fourth-order valence-corrected chi connectivity index (χ4v) is 5.78. The second-order valence-electron chi connectivity index (χ2n) is 6.52. The van der Waals surface area contributed by atoms with E-state index in [0.29, 0.717) is 15.9 Å². The van der Waals surface area contributed by atoms with Crippen LogP contribution in [0.1, 0.15) is 11.1 Å². The van der Waals surface area contributed by atoms with Gasteiger partial charge in [-0.2, -0.15) is 0 Å². The van der Waals surface area contributed by atoms with E-state index in [1.807, 2.05) is 47.4 Å². The number of para-hydroxylation sites is 1. The molecule has 3 aromatic carbocycles. The first kappa shape index (κ1) is 22.0. The molecule has 0 N–H and O–H groups in total. The lowest BCUT2D eigenvalue weighted by Crippen LogP contribution is -2.16. The molecular formula is C22H13ClF5NS2. The van der Waals surface area contributed by atoms with Crippen molar-refractivity contribution in [2.45, 2.75) is 5.75 Å². The lowest BCUT2D eigenvalue weighted by Gasteiger charge is -2.22. The fourth-order valence-electron chi connectivity index (χ4n) is 3.04. The third-order valence-electron chi connectivity index (χ3n) is 4.61. The van der Waals surface area contributed by atoms with Crippen LogP contribution in [0.4, 0.5) is 27.6 Å². The van der Waals surface area contributed by atoms with Crippen molar-refractivity contribution in [3.05, 3.63) is 105 Å². The van der Waals surface area contributed by atoms with Gasteiger partial charge in [-0.25, -0.2) is 22.0 Å². The molecule has 160 valence electrons. The molecule has 9 heteroatoms. The number of halogens is 6. The summed E-state index contributed by atoms with van der Waals surface area (Å²) in [6, 6.07) is 16.4. The topological polar surface area (TPSA) is 3.24 Å². The predicted molar refractivity (Wildman–Crippen MR) is 117 cm³/mol. The van der Waals surface area contributed by atoms with Crippen molar-refractivity contribution >= 4 is 45.7 Å². The number of anilines is 1. The number of hydrogen-bond donors (Lipinski definition) is 0. The maximum atomic E-state index is 14.2. The molecule has 3 aromatic rings. The Morgan fingerprint density at radius 1 is 0.806 bits per heavy atom. The van der Waals surface area contributed by atoms with Gasteiger partial charge in [-0.05, 0) is 29.8 Å². The van der Waals surface area contributed by atoms with E-state index in [9.17, 15) is 22.0 Å². The van der Waals surface area contributed by atoms with E-state index in [-0.39, 0.29) is 0 Å². The molecule has 0 saturated carbocycles. The Hall–Kier alpha value is -2.16. The van der Waals surface area contributed by atoms with Gasteiger partial charge in [0.2, 0.25) is 5.82 Å². The molecule has 0 spiro atoms. The highest BCUT2D eigenvalue weighted by Crippen LogP contribution is 2.47. The lowest BCUT2D eigenvalue weighted by atomic mass is 10.2. The van der Waals surface area contributed by atoms with Crippen LogP contribution in [0, 0.1) is 29.1 Å². The van der Waals surface area contributed by atoms with Gasteiger partial charge in [0.05, 0.1) is 10.9 Å². The van der Waals surface area contributed by atoms with Crippen LogP contribution in [0.25, 0.3) is 4.91 Å². The summed E-state index contributed by atoms with van der Waals surface area (Å²) >= 11 is 8.50. The van der Waals surface area contributed by atoms with Gasteiger partial charge < -0.3 is 4.90 Å². The molecule has 1 aliphatic rings. The maximum Gasteiger partial charge on any atom is 0.200 e. The minimum atomic E-state index is -2.16. The molecule has 1 aliphatic heterocycles. The maximum absolute atomic E-state index is 14.2. The average molecular weight is 486 g/mol. The van der Waals surface area contributed by atoms with Gasteiger partial charge in [0.15, 0.2) is 23.3 Å². The molecule has 1 heterocycles. The Kier molecular flexibility index (Phi) is 6.50. The Labute approximate surface area is 188 Å². The van der Waals surface area contributed by atoms with E-state index in [4.69, 9.17) is 11.6 Å². The van der Waals surface area contributed by atoms with Crippen molar-refractivity contribution in [3.63, 3.8) is 0 Å². The third-order valence-corrected chi connectivity index (χ3v) is 7.22. The second-order valence-corrected chi connectivity index (χ2v) is 8.87. The highest BCUT2D eigenvalue weighted by molar-refractivity contribution is 8.11. The van der Waals surface area contributed by atoms with Gasteiger partial charge in [0.25, 0.3) is 0 Å². The van der Waals surface area contributed by atoms with Crippen molar-refractivity contribution in [1.29, 1.82) is 0 Å². The molecule has 0 aliphatic carbocycles. The largest absolute Gasteiger partial charge is 0.325 e. The first-order valence-corrected chi connectivity index (χ1v) is 11.3. The van der Waals surface area contributed by atoms with Gasteiger partial charge >= 0.3 is 0 Å². The summed E-state index contributed by atoms with van der Waals surface area (Å²) in [5.74, 6) is -9.57. The summed E-state index contributed by atoms with van der Waals surface area (Å²) in [7, 11) is 0. The molecule has 0 radical (unpaired) electrons. The summed E-state index contributed by atoms with van der Waals surface area (Å²) in [5.41, 5.74) is 0.834. The van der Waals surface area contributed by atoms with Crippen molar-refractivity contribution in [3.8, 4) is 0 Å². The number of benzene rings is 3. The van der Waals surface area contributed by atoms with Gasteiger partial charge in [0, 0.05) is 26.9 Å². The van der Waals surface area contributed by atoms with E-state index in [1.165, 1.54) is 11.8 Å². The minimum absolute atomic E-state index is 0.428. The first-order valence-electron chi connectivity index (χ1n) is 8.97. The minimum Gasteiger partial charge on any atom is -0.325 e. The zero-order chi connectivity index (χ0) is 22.1. The van der Waals surface area contributed by atoms with Crippen LogP contribution in [-0.4, -0.2) is 5.88 Å². The van der Waals surface area contributed by atoms with Gasteiger partial charge in [-0.3, -0.25) is 0 Å². The first-order chi connectivity index (χ1) is 14.9. The normalized spacial score (nSPS) is 13.9. The highest BCUT2D eigenvalue weighted by Gasteiger charge is 2.29.